The van der Waals surface area contributed by atoms with Crippen LogP contribution in [0.2, 0.25) is 5.02 Å². The molecule has 1 aliphatic carbocycles. The highest BCUT2D eigenvalue weighted by Crippen LogP contribution is 2.50. The highest BCUT2D eigenvalue weighted by Gasteiger charge is 2.54. The van der Waals surface area contributed by atoms with Gasteiger partial charge in [-0.15, -0.1) is 0 Å². The van der Waals surface area contributed by atoms with Crippen LogP contribution in [0.3, 0.4) is 0 Å². The average Bonchev–Trinajstić information content (AvgIpc) is 3.09. The third kappa shape index (κ3) is 2.15. The zero-order valence-electron chi connectivity index (χ0n) is 10.8. The van der Waals surface area contributed by atoms with E-state index in [9.17, 15) is 9.90 Å². The summed E-state index contributed by atoms with van der Waals surface area (Å²) in [6, 6.07) is 7.61. The van der Waals surface area contributed by atoms with Crippen molar-refractivity contribution >= 4 is 17.5 Å². The first-order valence-corrected chi connectivity index (χ1v) is 7.23. The number of carbonyl (C=O) groups excluding carboxylic acids is 1. The molecule has 1 saturated heterocycles. The second-order valence-electron chi connectivity index (χ2n) is 5.57. The van der Waals surface area contributed by atoms with Crippen LogP contribution in [-0.4, -0.2) is 35.1 Å². The van der Waals surface area contributed by atoms with Crippen molar-refractivity contribution in [2.45, 2.75) is 37.1 Å². The molecule has 0 aromatic heterocycles. The molecule has 0 radical (unpaired) electrons. The topological polar surface area (TPSA) is 40.5 Å². The van der Waals surface area contributed by atoms with Crippen LogP contribution in [0.15, 0.2) is 24.3 Å². The van der Waals surface area contributed by atoms with E-state index in [0.717, 1.165) is 37.8 Å². The molecule has 1 heterocycles. The molecule has 1 atom stereocenters. The Morgan fingerprint density at radius 3 is 2.63 bits per heavy atom. The minimum absolute atomic E-state index is 0.0114. The van der Waals surface area contributed by atoms with Gasteiger partial charge in [-0.3, -0.25) is 4.79 Å². The summed E-state index contributed by atoms with van der Waals surface area (Å²) < 4.78 is 0. The van der Waals surface area contributed by atoms with E-state index in [1.807, 2.05) is 29.2 Å². The van der Waals surface area contributed by atoms with Crippen molar-refractivity contribution in [3.8, 4) is 0 Å². The zero-order valence-corrected chi connectivity index (χ0v) is 11.6. The van der Waals surface area contributed by atoms with Gasteiger partial charge in [-0.25, -0.2) is 0 Å². The lowest BCUT2D eigenvalue weighted by molar-refractivity contribution is -0.135. The summed E-state index contributed by atoms with van der Waals surface area (Å²) in [5.74, 6) is 0.186. The Hall–Kier alpha value is -1.06. The highest BCUT2D eigenvalue weighted by molar-refractivity contribution is 6.30. The van der Waals surface area contributed by atoms with Gasteiger partial charge in [0.05, 0.1) is 18.1 Å². The molecule has 1 saturated carbocycles. The van der Waals surface area contributed by atoms with E-state index in [1.165, 1.54) is 0 Å². The summed E-state index contributed by atoms with van der Waals surface area (Å²) >= 11 is 5.91. The van der Waals surface area contributed by atoms with Crippen molar-refractivity contribution < 1.29 is 9.90 Å². The fourth-order valence-electron chi connectivity index (χ4n) is 3.09. The molecule has 19 heavy (non-hydrogen) atoms. The number of rotatable bonds is 3. The number of amides is 1. The number of likely N-dealkylation sites (tertiary alicyclic amines) is 1. The number of carbonyl (C=O) groups is 1. The van der Waals surface area contributed by atoms with Gasteiger partial charge in [0, 0.05) is 11.6 Å². The summed E-state index contributed by atoms with van der Waals surface area (Å²) in [4.78, 5) is 14.6. The Morgan fingerprint density at radius 2 is 2.05 bits per heavy atom. The molecular weight excluding hydrogens is 262 g/mol. The molecule has 1 amide bonds. The Labute approximate surface area is 118 Å². The van der Waals surface area contributed by atoms with Gasteiger partial charge in [0.25, 0.3) is 0 Å². The number of hydrogen-bond donors (Lipinski definition) is 1. The molecule has 2 aliphatic rings. The van der Waals surface area contributed by atoms with E-state index in [0.29, 0.717) is 5.02 Å². The molecule has 3 rings (SSSR count). The van der Waals surface area contributed by atoms with Crippen LogP contribution in [0.1, 0.15) is 31.2 Å². The normalized spacial score (nSPS) is 24.5. The van der Waals surface area contributed by atoms with Gasteiger partial charge in [-0.1, -0.05) is 23.7 Å². The van der Waals surface area contributed by atoms with Crippen molar-refractivity contribution in [1.82, 2.24) is 4.90 Å². The van der Waals surface area contributed by atoms with Gasteiger partial charge in [0.2, 0.25) is 5.91 Å². The lowest BCUT2D eigenvalue weighted by Gasteiger charge is -2.28. The molecule has 1 N–H and O–H groups in total. The van der Waals surface area contributed by atoms with Crippen LogP contribution in [0.4, 0.5) is 0 Å². The molecule has 102 valence electrons. The smallest absolute Gasteiger partial charge is 0.233 e. The van der Waals surface area contributed by atoms with Gasteiger partial charge in [0.1, 0.15) is 0 Å². The predicted molar refractivity (Wildman–Crippen MR) is 74.2 cm³/mol. The molecule has 1 aliphatic heterocycles. The number of hydrogen-bond acceptors (Lipinski definition) is 2. The molecule has 0 spiro atoms. The van der Waals surface area contributed by atoms with Crippen molar-refractivity contribution in [3.63, 3.8) is 0 Å². The van der Waals surface area contributed by atoms with Gasteiger partial charge in [0.15, 0.2) is 0 Å². The fraction of sp³-hybridized carbons (Fsp3) is 0.533. The van der Waals surface area contributed by atoms with Crippen LogP contribution in [-0.2, 0) is 10.2 Å². The maximum absolute atomic E-state index is 12.8. The maximum Gasteiger partial charge on any atom is 0.233 e. The SMILES string of the molecule is O=C(N1CCCC1CO)C1(c2ccc(Cl)cc2)CC1. The Balaban J connectivity index is 1.84. The monoisotopic (exact) mass is 279 g/mol. The van der Waals surface area contributed by atoms with Gasteiger partial charge in [-0.2, -0.15) is 0 Å². The first kappa shape index (κ1) is 12.9. The summed E-state index contributed by atoms with van der Waals surface area (Å²) in [5, 5.41) is 10.1. The highest BCUT2D eigenvalue weighted by atomic mass is 35.5. The second-order valence-corrected chi connectivity index (χ2v) is 6.00. The standard InChI is InChI=1S/C15H18ClNO2/c16-12-5-3-11(4-6-12)15(7-8-15)14(19)17-9-1-2-13(17)10-18/h3-6,13,18H,1-2,7-10H2. The lowest BCUT2D eigenvalue weighted by atomic mass is 9.94. The average molecular weight is 280 g/mol. The van der Waals surface area contributed by atoms with Crippen molar-refractivity contribution in [1.29, 1.82) is 0 Å². The minimum Gasteiger partial charge on any atom is -0.394 e. The first-order chi connectivity index (χ1) is 9.17. The molecule has 1 aromatic rings. The van der Waals surface area contributed by atoms with E-state index < -0.39 is 0 Å². The fourth-order valence-corrected chi connectivity index (χ4v) is 3.21. The molecule has 0 bridgehead atoms. The third-order valence-electron chi connectivity index (χ3n) is 4.40. The Kier molecular flexibility index (Phi) is 3.27. The van der Waals surface area contributed by atoms with Crippen molar-refractivity contribution in [2.24, 2.45) is 0 Å². The van der Waals surface area contributed by atoms with Gasteiger partial charge < -0.3 is 10.0 Å². The summed E-state index contributed by atoms with van der Waals surface area (Å²) in [6.07, 6.45) is 3.72. The Bertz CT molecular complexity index is 481. The molecule has 1 aromatic carbocycles. The van der Waals surface area contributed by atoms with Crippen molar-refractivity contribution in [3.05, 3.63) is 34.9 Å². The Morgan fingerprint density at radius 1 is 1.37 bits per heavy atom. The summed E-state index contributed by atoms with van der Waals surface area (Å²) in [6.45, 7) is 0.849. The van der Waals surface area contributed by atoms with Crippen LogP contribution in [0.5, 0.6) is 0 Å². The van der Waals surface area contributed by atoms with Crippen LogP contribution in [0, 0.1) is 0 Å². The largest absolute Gasteiger partial charge is 0.394 e. The second kappa shape index (κ2) is 4.80. The molecule has 1 unspecified atom stereocenters. The van der Waals surface area contributed by atoms with E-state index in [1.54, 1.807) is 0 Å². The van der Waals surface area contributed by atoms with E-state index in [2.05, 4.69) is 0 Å². The molecule has 3 nitrogen and oxygen atoms in total. The lowest BCUT2D eigenvalue weighted by Crippen LogP contribution is -2.43. The number of halogens is 1. The minimum atomic E-state index is -0.345. The number of nitrogens with zero attached hydrogens (tertiary/aromatic N) is 1. The van der Waals surface area contributed by atoms with Crippen LogP contribution >= 0.6 is 11.6 Å². The predicted octanol–water partition coefficient (Wildman–Crippen LogP) is 2.35. The van der Waals surface area contributed by atoms with E-state index >= 15 is 0 Å². The van der Waals surface area contributed by atoms with E-state index in [4.69, 9.17) is 11.6 Å². The number of aliphatic hydroxyl groups is 1. The van der Waals surface area contributed by atoms with Gasteiger partial charge in [-0.05, 0) is 43.4 Å². The quantitative estimate of drug-likeness (QED) is 0.923. The van der Waals surface area contributed by atoms with Crippen LogP contribution in [0.25, 0.3) is 0 Å². The van der Waals surface area contributed by atoms with Crippen molar-refractivity contribution in [2.75, 3.05) is 13.2 Å². The van der Waals surface area contributed by atoms with Gasteiger partial charge >= 0.3 is 0 Å². The number of benzene rings is 1. The van der Waals surface area contributed by atoms with E-state index in [-0.39, 0.29) is 24.0 Å². The van der Waals surface area contributed by atoms with Crippen LogP contribution < -0.4 is 0 Å². The number of aliphatic hydroxyl groups excluding tert-OH is 1. The maximum atomic E-state index is 12.8. The molecule has 2 fully saturated rings. The summed E-state index contributed by atoms with van der Waals surface area (Å²) in [5.41, 5.74) is 0.716. The molecular formula is C15H18ClNO2. The molecule has 4 heteroatoms. The summed E-state index contributed by atoms with van der Waals surface area (Å²) in [7, 11) is 0. The first-order valence-electron chi connectivity index (χ1n) is 6.85. The zero-order chi connectivity index (χ0) is 13.5. The third-order valence-corrected chi connectivity index (χ3v) is 4.66.